The molecule has 1 aromatic rings. The van der Waals surface area contributed by atoms with Crippen molar-refractivity contribution >= 4 is 17.3 Å². The number of carbonyl (C=O) groups excluding carboxylic acids is 1. The Morgan fingerprint density at radius 3 is 2.50 bits per heavy atom. The molecule has 1 aromatic carbocycles. The van der Waals surface area contributed by atoms with Crippen molar-refractivity contribution in [1.29, 1.82) is 0 Å². The van der Waals surface area contributed by atoms with E-state index in [0.717, 1.165) is 12.1 Å². The van der Waals surface area contributed by atoms with Gasteiger partial charge in [0, 0.05) is 6.07 Å². The van der Waals surface area contributed by atoms with Gasteiger partial charge in [-0.25, -0.2) is 4.39 Å². The summed E-state index contributed by atoms with van der Waals surface area (Å²) in [7, 11) is 0. The summed E-state index contributed by atoms with van der Waals surface area (Å²) in [5, 5.41) is 14.3. The second kappa shape index (κ2) is 6.28. The molecule has 0 spiro atoms. The first-order chi connectivity index (χ1) is 9.17. The lowest BCUT2D eigenvalue weighted by Crippen LogP contribution is -2.35. The number of non-ortho nitro benzene ring substituents is 1. The lowest BCUT2D eigenvalue weighted by molar-refractivity contribution is -0.385. The summed E-state index contributed by atoms with van der Waals surface area (Å²) in [5.74, 6) is -1.83. The van der Waals surface area contributed by atoms with Gasteiger partial charge >= 0.3 is 6.18 Å². The maximum atomic E-state index is 13.0. The lowest BCUT2D eigenvalue weighted by atomic mass is 10.2. The van der Waals surface area contributed by atoms with Crippen molar-refractivity contribution in [1.82, 2.24) is 5.32 Å². The number of hydrogen-bond donors (Lipinski definition) is 2. The smallest absolute Gasteiger partial charge is 0.325 e. The van der Waals surface area contributed by atoms with Crippen LogP contribution in [0.5, 0.6) is 0 Å². The monoisotopic (exact) mass is 295 g/mol. The number of carbonyl (C=O) groups is 1. The van der Waals surface area contributed by atoms with Crippen LogP contribution >= 0.6 is 0 Å². The van der Waals surface area contributed by atoms with E-state index in [9.17, 15) is 32.5 Å². The lowest BCUT2D eigenvalue weighted by Gasteiger charge is -2.08. The molecule has 0 aromatic heterocycles. The van der Waals surface area contributed by atoms with Gasteiger partial charge in [0.1, 0.15) is 5.82 Å². The summed E-state index contributed by atoms with van der Waals surface area (Å²) in [4.78, 5) is 20.9. The van der Waals surface area contributed by atoms with Crippen LogP contribution in [0.2, 0.25) is 0 Å². The third kappa shape index (κ3) is 5.61. The maximum absolute atomic E-state index is 13.0. The van der Waals surface area contributed by atoms with E-state index in [1.54, 1.807) is 0 Å². The van der Waals surface area contributed by atoms with Crippen LogP contribution in [0.4, 0.5) is 28.9 Å². The molecule has 6 nitrogen and oxygen atoms in total. The molecule has 0 atom stereocenters. The molecular formula is C10H9F4N3O3. The van der Waals surface area contributed by atoms with Crippen LogP contribution in [0.3, 0.4) is 0 Å². The second-order valence-electron chi connectivity index (χ2n) is 3.72. The molecular weight excluding hydrogens is 286 g/mol. The van der Waals surface area contributed by atoms with Crippen LogP contribution in [0, 0.1) is 15.9 Å². The zero-order valence-electron chi connectivity index (χ0n) is 9.83. The molecule has 20 heavy (non-hydrogen) atoms. The average molecular weight is 295 g/mol. The van der Waals surface area contributed by atoms with E-state index in [4.69, 9.17) is 0 Å². The first-order valence-electron chi connectivity index (χ1n) is 5.20. The van der Waals surface area contributed by atoms with E-state index in [1.807, 2.05) is 5.32 Å². The Balaban J connectivity index is 2.60. The second-order valence-corrected chi connectivity index (χ2v) is 3.72. The molecule has 0 saturated carbocycles. The van der Waals surface area contributed by atoms with Crippen molar-refractivity contribution in [2.24, 2.45) is 0 Å². The molecule has 10 heteroatoms. The Morgan fingerprint density at radius 2 is 1.95 bits per heavy atom. The zero-order chi connectivity index (χ0) is 15.3. The number of hydrogen-bond acceptors (Lipinski definition) is 4. The molecule has 1 amide bonds. The van der Waals surface area contributed by atoms with Crippen LogP contribution in [-0.4, -0.2) is 30.1 Å². The van der Waals surface area contributed by atoms with Crippen molar-refractivity contribution in [3.63, 3.8) is 0 Å². The zero-order valence-corrected chi connectivity index (χ0v) is 9.83. The number of amides is 1. The summed E-state index contributed by atoms with van der Waals surface area (Å²) in [6.45, 7) is -2.02. The molecule has 0 fully saturated rings. The molecule has 0 aliphatic carbocycles. The Bertz CT molecular complexity index is 519. The quantitative estimate of drug-likeness (QED) is 0.493. The van der Waals surface area contributed by atoms with Crippen molar-refractivity contribution in [3.8, 4) is 0 Å². The summed E-state index contributed by atoms with van der Waals surface area (Å²) in [6, 6.07) is 2.36. The molecule has 0 saturated heterocycles. The van der Waals surface area contributed by atoms with Gasteiger partial charge in [0.25, 0.3) is 5.69 Å². The highest BCUT2D eigenvalue weighted by atomic mass is 19.4. The number of nitro benzene ring substituents is 1. The molecule has 0 aliphatic rings. The third-order valence-electron chi connectivity index (χ3n) is 1.99. The number of nitrogens with zero attached hydrogens (tertiary/aromatic N) is 1. The van der Waals surface area contributed by atoms with Crippen LogP contribution < -0.4 is 10.6 Å². The summed E-state index contributed by atoms with van der Waals surface area (Å²) >= 11 is 0. The first-order valence-corrected chi connectivity index (χ1v) is 5.20. The van der Waals surface area contributed by atoms with Gasteiger partial charge in [-0.05, 0) is 6.07 Å². The van der Waals surface area contributed by atoms with Gasteiger partial charge in [-0.1, -0.05) is 0 Å². The number of alkyl halides is 3. The number of rotatable bonds is 5. The van der Waals surface area contributed by atoms with Crippen molar-refractivity contribution in [3.05, 3.63) is 34.1 Å². The largest absolute Gasteiger partial charge is 0.401 e. The molecule has 0 bridgehead atoms. The minimum absolute atomic E-state index is 0.212. The van der Waals surface area contributed by atoms with Gasteiger partial charge in [0.15, 0.2) is 0 Å². The Hall–Kier alpha value is -2.23. The molecule has 0 unspecified atom stereocenters. The standard InChI is InChI=1S/C10H9F4N3O3/c11-6-1-7(3-8(2-6)17(19)20)16-9(18)4-15-5-10(12,13)14/h1-3,15H,4-5H2,(H,16,18). The fraction of sp³-hybridized carbons (Fsp3) is 0.300. The number of halogens is 4. The average Bonchev–Trinajstić information content (AvgIpc) is 2.25. The van der Waals surface area contributed by atoms with Crippen LogP contribution in [0.25, 0.3) is 0 Å². The highest BCUT2D eigenvalue weighted by molar-refractivity contribution is 5.92. The van der Waals surface area contributed by atoms with Crippen LogP contribution in [0.15, 0.2) is 18.2 Å². The predicted octanol–water partition coefficient (Wildman–Crippen LogP) is 1.82. The highest BCUT2D eigenvalue weighted by Crippen LogP contribution is 2.19. The van der Waals surface area contributed by atoms with Gasteiger partial charge in [-0.15, -0.1) is 0 Å². The van der Waals surface area contributed by atoms with Crippen molar-refractivity contribution in [2.45, 2.75) is 6.18 Å². The van der Waals surface area contributed by atoms with Gasteiger partial charge in [0.05, 0.1) is 29.8 Å². The third-order valence-corrected chi connectivity index (χ3v) is 1.99. The Labute approximate surface area is 109 Å². The molecule has 110 valence electrons. The molecule has 0 aliphatic heterocycles. The van der Waals surface area contributed by atoms with E-state index >= 15 is 0 Å². The Kier molecular flexibility index (Phi) is 4.97. The molecule has 0 heterocycles. The molecule has 0 radical (unpaired) electrons. The predicted molar refractivity (Wildman–Crippen MR) is 60.6 cm³/mol. The number of benzene rings is 1. The van der Waals surface area contributed by atoms with Gasteiger partial charge in [0.2, 0.25) is 5.91 Å². The number of nitro groups is 1. The van der Waals surface area contributed by atoms with E-state index in [1.165, 1.54) is 0 Å². The van der Waals surface area contributed by atoms with E-state index < -0.39 is 41.6 Å². The Morgan fingerprint density at radius 1 is 1.30 bits per heavy atom. The van der Waals surface area contributed by atoms with Gasteiger partial charge < -0.3 is 10.6 Å². The van der Waals surface area contributed by atoms with Gasteiger partial charge in [-0.3, -0.25) is 14.9 Å². The number of anilines is 1. The minimum atomic E-state index is -4.46. The summed E-state index contributed by atoms with van der Waals surface area (Å²) < 4.78 is 48.5. The van der Waals surface area contributed by atoms with Gasteiger partial charge in [-0.2, -0.15) is 13.2 Å². The van der Waals surface area contributed by atoms with E-state index in [0.29, 0.717) is 6.07 Å². The minimum Gasteiger partial charge on any atom is -0.325 e. The fourth-order valence-corrected chi connectivity index (χ4v) is 1.27. The number of nitrogens with one attached hydrogen (secondary N) is 2. The van der Waals surface area contributed by atoms with Crippen molar-refractivity contribution < 1.29 is 27.3 Å². The van der Waals surface area contributed by atoms with Crippen LogP contribution in [-0.2, 0) is 4.79 Å². The van der Waals surface area contributed by atoms with E-state index in [-0.39, 0.29) is 5.69 Å². The fourth-order valence-electron chi connectivity index (χ4n) is 1.27. The molecule has 1 rings (SSSR count). The first kappa shape index (κ1) is 15.8. The van der Waals surface area contributed by atoms with E-state index in [2.05, 4.69) is 5.32 Å². The normalized spacial score (nSPS) is 11.2. The highest BCUT2D eigenvalue weighted by Gasteiger charge is 2.26. The summed E-state index contributed by atoms with van der Waals surface area (Å²) in [5.41, 5.74) is -0.793. The van der Waals surface area contributed by atoms with Crippen LogP contribution in [0.1, 0.15) is 0 Å². The topological polar surface area (TPSA) is 84.3 Å². The SMILES string of the molecule is O=C(CNCC(F)(F)F)Nc1cc(F)cc([N+](=O)[O-])c1. The molecule has 2 N–H and O–H groups in total. The van der Waals surface area contributed by atoms with Crippen molar-refractivity contribution in [2.75, 3.05) is 18.4 Å². The summed E-state index contributed by atoms with van der Waals surface area (Å²) in [6.07, 6.45) is -4.46. The maximum Gasteiger partial charge on any atom is 0.401 e.